The molecule has 2 aromatic heterocycles. The number of carbonyl (C=O) groups is 1. The minimum absolute atomic E-state index is 0.153. The van der Waals surface area contributed by atoms with Crippen molar-refractivity contribution >= 4 is 11.7 Å². The summed E-state index contributed by atoms with van der Waals surface area (Å²) >= 11 is 0. The van der Waals surface area contributed by atoms with E-state index in [2.05, 4.69) is 19.8 Å². The van der Waals surface area contributed by atoms with Gasteiger partial charge in [0, 0.05) is 17.8 Å². The van der Waals surface area contributed by atoms with Crippen LogP contribution in [0.5, 0.6) is 0 Å². The van der Waals surface area contributed by atoms with E-state index in [4.69, 9.17) is 0 Å². The summed E-state index contributed by atoms with van der Waals surface area (Å²) in [4.78, 5) is 19.5. The fraction of sp³-hybridized carbons (Fsp3) is 0.500. The van der Waals surface area contributed by atoms with Crippen LogP contribution >= 0.6 is 0 Å². The molecule has 2 heterocycles. The Bertz CT molecular complexity index is 666. The van der Waals surface area contributed by atoms with Crippen molar-refractivity contribution in [2.45, 2.75) is 32.9 Å². The fourth-order valence-electron chi connectivity index (χ4n) is 1.98. The van der Waals surface area contributed by atoms with Crippen LogP contribution in [0.3, 0.4) is 0 Å². The summed E-state index contributed by atoms with van der Waals surface area (Å²) < 4.78 is 41.5. The van der Waals surface area contributed by atoms with Gasteiger partial charge in [-0.25, -0.2) is 9.50 Å². The Morgan fingerprint density at radius 3 is 2.76 bits per heavy atom. The van der Waals surface area contributed by atoms with E-state index in [1.807, 2.05) is 0 Å². The van der Waals surface area contributed by atoms with Crippen LogP contribution in [0, 0.1) is 13.8 Å². The van der Waals surface area contributed by atoms with Gasteiger partial charge in [-0.3, -0.25) is 4.79 Å². The van der Waals surface area contributed by atoms with E-state index in [1.165, 1.54) is 10.8 Å². The molecule has 0 spiro atoms. The number of aromatic nitrogens is 4. The Hall–Kier alpha value is -2.19. The lowest BCUT2D eigenvalue weighted by Gasteiger charge is -2.11. The lowest BCUT2D eigenvalue weighted by Crippen LogP contribution is -2.20. The quantitative estimate of drug-likeness (QED) is 0.805. The van der Waals surface area contributed by atoms with E-state index in [1.54, 1.807) is 13.8 Å². The van der Waals surface area contributed by atoms with Gasteiger partial charge in [-0.2, -0.15) is 23.3 Å². The molecule has 9 heteroatoms. The lowest BCUT2D eigenvalue weighted by molar-refractivity contribution is -0.186. The third kappa shape index (κ3) is 3.67. The number of ether oxygens (including phenoxy) is 1. The van der Waals surface area contributed by atoms with E-state index < -0.39 is 18.8 Å². The molecule has 0 atom stereocenters. The first kappa shape index (κ1) is 15.2. The maximum atomic E-state index is 11.9. The van der Waals surface area contributed by atoms with Crippen molar-refractivity contribution in [3.63, 3.8) is 0 Å². The summed E-state index contributed by atoms with van der Waals surface area (Å²) in [5.41, 5.74) is 2.16. The molecule has 0 saturated heterocycles. The molecule has 2 aromatic rings. The molecule has 0 bridgehead atoms. The molecule has 0 N–H and O–H groups in total. The smallest absolute Gasteiger partial charge is 0.422 e. The van der Waals surface area contributed by atoms with Crippen LogP contribution in [0.15, 0.2) is 6.33 Å². The highest BCUT2D eigenvalue weighted by Gasteiger charge is 2.29. The van der Waals surface area contributed by atoms with Crippen LogP contribution in [-0.4, -0.2) is 38.3 Å². The van der Waals surface area contributed by atoms with Crippen LogP contribution in [-0.2, 0) is 16.0 Å². The number of carbonyl (C=O) groups excluding carboxylic acids is 1. The number of rotatable bonds is 4. The number of alkyl halides is 3. The maximum Gasteiger partial charge on any atom is 0.422 e. The minimum atomic E-state index is -4.51. The van der Waals surface area contributed by atoms with E-state index in [9.17, 15) is 18.0 Å². The van der Waals surface area contributed by atoms with E-state index in [-0.39, 0.29) is 12.8 Å². The topological polar surface area (TPSA) is 69.4 Å². The number of esters is 1. The average molecular weight is 302 g/mol. The Labute approximate surface area is 118 Å². The van der Waals surface area contributed by atoms with Gasteiger partial charge in [-0.05, 0) is 25.8 Å². The number of nitrogens with zero attached hydrogens (tertiary/aromatic N) is 4. The van der Waals surface area contributed by atoms with Gasteiger partial charge >= 0.3 is 12.1 Å². The number of aryl methyl sites for hydroxylation is 2. The van der Waals surface area contributed by atoms with Crippen LogP contribution in [0.2, 0.25) is 0 Å². The zero-order valence-corrected chi connectivity index (χ0v) is 11.4. The first-order valence-electron chi connectivity index (χ1n) is 6.16. The molecule has 0 aliphatic carbocycles. The zero-order chi connectivity index (χ0) is 15.6. The molecule has 2 rings (SSSR count). The Balaban J connectivity index is 2.05. The summed E-state index contributed by atoms with van der Waals surface area (Å²) in [6.07, 6.45) is -3.07. The number of fused-ring (bicyclic) bond motifs is 1. The molecule has 0 radical (unpaired) electrons. The minimum Gasteiger partial charge on any atom is -0.456 e. The molecule has 0 amide bonds. The van der Waals surface area contributed by atoms with Gasteiger partial charge in [0.15, 0.2) is 6.61 Å². The van der Waals surface area contributed by atoms with E-state index >= 15 is 0 Å². The highest BCUT2D eigenvalue weighted by Crippen LogP contribution is 2.17. The number of hydrogen-bond donors (Lipinski definition) is 0. The standard InChI is InChI=1S/C12H13F3N4O2/c1-7-9(3-4-10(20)21-5-12(13,14)15)8(2)19-11(18-7)16-6-17-19/h6H,3-5H2,1-2H3. The van der Waals surface area contributed by atoms with Crippen molar-refractivity contribution in [1.82, 2.24) is 19.6 Å². The molecule has 21 heavy (non-hydrogen) atoms. The van der Waals surface area contributed by atoms with Crippen LogP contribution in [0.1, 0.15) is 23.4 Å². The first-order chi connectivity index (χ1) is 9.78. The van der Waals surface area contributed by atoms with Crippen LogP contribution in [0.4, 0.5) is 13.2 Å². The predicted octanol–water partition coefficient (Wildman–Crippen LogP) is 1.78. The molecule has 0 saturated carbocycles. The Kier molecular flexibility index (Phi) is 4.10. The van der Waals surface area contributed by atoms with Crippen molar-refractivity contribution in [2.24, 2.45) is 0 Å². The third-order valence-corrected chi connectivity index (χ3v) is 2.96. The zero-order valence-electron chi connectivity index (χ0n) is 11.4. The molecule has 0 aliphatic rings. The molecule has 114 valence electrons. The second-order valence-electron chi connectivity index (χ2n) is 4.51. The molecular formula is C12H13F3N4O2. The summed E-state index contributed by atoms with van der Waals surface area (Å²) in [5, 5.41) is 3.99. The molecule has 0 unspecified atom stereocenters. The van der Waals surface area contributed by atoms with Gasteiger partial charge < -0.3 is 4.74 Å². The highest BCUT2D eigenvalue weighted by molar-refractivity contribution is 5.69. The molecule has 6 nitrogen and oxygen atoms in total. The third-order valence-electron chi connectivity index (χ3n) is 2.96. The lowest BCUT2D eigenvalue weighted by atomic mass is 10.1. The van der Waals surface area contributed by atoms with Crippen molar-refractivity contribution in [3.05, 3.63) is 23.3 Å². The first-order valence-corrected chi connectivity index (χ1v) is 6.16. The van der Waals surface area contributed by atoms with E-state index in [0.29, 0.717) is 11.5 Å². The Morgan fingerprint density at radius 2 is 2.10 bits per heavy atom. The molecule has 0 fully saturated rings. The monoisotopic (exact) mass is 302 g/mol. The SMILES string of the molecule is Cc1nc2ncnn2c(C)c1CCC(=O)OCC(F)(F)F. The Morgan fingerprint density at radius 1 is 1.38 bits per heavy atom. The number of halogens is 3. The molecular weight excluding hydrogens is 289 g/mol. The van der Waals surface area contributed by atoms with Gasteiger partial charge in [0.2, 0.25) is 0 Å². The van der Waals surface area contributed by atoms with Crippen LogP contribution in [0.25, 0.3) is 5.78 Å². The van der Waals surface area contributed by atoms with Crippen molar-refractivity contribution < 1.29 is 22.7 Å². The van der Waals surface area contributed by atoms with Gasteiger partial charge in [0.05, 0.1) is 0 Å². The maximum absolute atomic E-state index is 11.9. The van der Waals surface area contributed by atoms with Crippen molar-refractivity contribution in [3.8, 4) is 0 Å². The number of hydrogen-bond acceptors (Lipinski definition) is 5. The summed E-state index contributed by atoms with van der Waals surface area (Å²) in [7, 11) is 0. The second-order valence-corrected chi connectivity index (χ2v) is 4.51. The average Bonchev–Trinajstić information content (AvgIpc) is 2.83. The summed E-state index contributed by atoms with van der Waals surface area (Å²) in [6, 6.07) is 0. The highest BCUT2D eigenvalue weighted by atomic mass is 19.4. The van der Waals surface area contributed by atoms with Crippen LogP contribution < -0.4 is 0 Å². The molecule has 0 aromatic carbocycles. The molecule has 0 aliphatic heterocycles. The van der Waals surface area contributed by atoms with Crippen molar-refractivity contribution in [1.29, 1.82) is 0 Å². The summed E-state index contributed by atoms with van der Waals surface area (Å²) in [6.45, 7) is 1.97. The van der Waals surface area contributed by atoms with E-state index in [0.717, 1.165) is 11.3 Å². The van der Waals surface area contributed by atoms with Gasteiger partial charge in [-0.15, -0.1) is 0 Å². The predicted molar refractivity (Wildman–Crippen MR) is 65.6 cm³/mol. The summed E-state index contributed by atoms with van der Waals surface area (Å²) in [5.74, 6) is -0.460. The second kappa shape index (κ2) is 5.66. The van der Waals surface area contributed by atoms with Gasteiger partial charge in [0.1, 0.15) is 6.33 Å². The largest absolute Gasteiger partial charge is 0.456 e. The normalized spacial score (nSPS) is 11.9. The van der Waals surface area contributed by atoms with Gasteiger partial charge in [-0.1, -0.05) is 0 Å². The van der Waals surface area contributed by atoms with Gasteiger partial charge in [0.25, 0.3) is 5.78 Å². The van der Waals surface area contributed by atoms with Crippen molar-refractivity contribution in [2.75, 3.05) is 6.61 Å². The fourth-order valence-corrected chi connectivity index (χ4v) is 1.98.